The molecular formula is C9H15NO3. The van der Waals surface area contributed by atoms with Gasteiger partial charge in [-0.1, -0.05) is 6.42 Å². The topological polar surface area (TPSA) is 61.6 Å². The van der Waals surface area contributed by atoms with Gasteiger partial charge in [-0.2, -0.15) is 0 Å². The first-order chi connectivity index (χ1) is 6.27. The summed E-state index contributed by atoms with van der Waals surface area (Å²) < 4.78 is 10.1. The van der Waals surface area contributed by atoms with E-state index in [1.165, 1.54) is 0 Å². The van der Waals surface area contributed by atoms with E-state index in [2.05, 4.69) is 0 Å². The van der Waals surface area contributed by atoms with Crippen molar-refractivity contribution in [3.63, 3.8) is 0 Å². The minimum Gasteiger partial charge on any atom is -0.457 e. The van der Waals surface area contributed by atoms with Gasteiger partial charge in [-0.25, -0.2) is 0 Å². The summed E-state index contributed by atoms with van der Waals surface area (Å²) in [6, 6.07) is 0.00787. The van der Waals surface area contributed by atoms with Crippen molar-refractivity contribution < 1.29 is 14.3 Å². The van der Waals surface area contributed by atoms with Crippen LogP contribution in [0.4, 0.5) is 0 Å². The van der Waals surface area contributed by atoms with Gasteiger partial charge in [0.15, 0.2) is 0 Å². The van der Waals surface area contributed by atoms with Crippen LogP contribution in [0.1, 0.15) is 19.3 Å². The van der Waals surface area contributed by atoms with Gasteiger partial charge in [0.2, 0.25) is 0 Å². The van der Waals surface area contributed by atoms with Gasteiger partial charge in [0.05, 0.1) is 19.1 Å². The maximum atomic E-state index is 11.5. The normalized spacial score (nSPS) is 34.2. The first kappa shape index (κ1) is 8.97. The van der Waals surface area contributed by atoms with Gasteiger partial charge in [-0.15, -0.1) is 0 Å². The van der Waals surface area contributed by atoms with Crippen LogP contribution in [0.5, 0.6) is 0 Å². The van der Waals surface area contributed by atoms with Crippen molar-refractivity contribution in [2.24, 2.45) is 11.7 Å². The molecule has 0 bridgehead atoms. The van der Waals surface area contributed by atoms with E-state index < -0.39 is 0 Å². The molecule has 1 saturated carbocycles. The number of esters is 1. The van der Waals surface area contributed by atoms with Crippen LogP contribution >= 0.6 is 0 Å². The second-order valence-electron chi connectivity index (χ2n) is 3.80. The third-order valence-corrected chi connectivity index (χ3v) is 2.76. The molecule has 0 aromatic rings. The van der Waals surface area contributed by atoms with Gasteiger partial charge < -0.3 is 15.2 Å². The molecule has 74 valence electrons. The predicted molar refractivity (Wildman–Crippen MR) is 46.0 cm³/mol. The third-order valence-electron chi connectivity index (χ3n) is 2.76. The van der Waals surface area contributed by atoms with Gasteiger partial charge in [0, 0.05) is 6.04 Å². The summed E-state index contributed by atoms with van der Waals surface area (Å²) in [4.78, 5) is 11.5. The number of ether oxygens (including phenoxy) is 2. The molecule has 0 aromatic heterocycles. The lowest BCUT2D eigenvalue weighted by Crippen LogP contribution is -2.41. The molecule has 13 heavy (non-hydrogen) atoms. The summed E-state index contributed by atoms with van der Waals surface area (Å²) >= 11 is 0. The van der Waals surface area contributed by atoms with Crippen molar-refractivity contribution in [3.8, 4) is 0 Å². The Labute approximate surface area is 77.4 Å². The van der Waals surface area contributed by atoms with Crippen molar-refractivity contribution in [1.29, 1.82) is 0 Å². The van der Waals surface area contributed by atoms with Crippen LogP contribution < -0.4 is 5.73 Å². The fourth-order valence-electron chi connectivity index (χ4n) is 1.82. The highest BCUT2D eigenvalue weighted by molar-refractivity contribution is 5.73. The first-order valence-corrected chi connectivity index (χ1v) is 4.81. The molecule has 2 unspecified atom stereocenters. The van der Waals surface area contributed by atoms with Gasteiger partial charge in [0.1, 0.15) is 6.10 Å². The molecule has 2 fully saturated rings. The molecule has 1 aliphatic heterocycles. The molecule has 4 nitrogen and oxygen atoms in total. The second kappa shape index (κ2) is 3.64. The van der Waals surface area contributed by atoms with E-state index in [1.807, 2.05) is 0 Å². The summed E-state index contributed by atoms with van der Waals surface area (Å²) in [5, 5.41) is 0. The van der Waals surface area contributed by atoms with E-state index in [4.69, 9.17) is 15.2 Å². The summed E-state index contributed by atoms with van der Waals surface area (Å²) in [5.74, 6) is -0.195. The Morgan fingerprint density at radius 3 is 2.62 bits per heavy atom. The number of carbonyl (C=O) groups is 1. The number of hydrogen-bond donors (Lipinski definition) is 1. The summed E-state index contributed by atoms with van der Waals surface area (Å²) in [6.45, 7) is 1.10. The molecule has 2 aliphatic rings. The van der Waals surface area contributed by atoms with Crippen molar-refractivity contribution in [3.05, 3.63) is 0 Å². The largest absolute Gasteiger partial charge is 0.457 e. The van der Waals surface area contributed by atoms with Crippen molar-refractivity contribution >= 4 is 5.97 Å². The summed E-state index contributed by atoms with van der Waals surface area (Å²) in [6.07, 6.45) is 2.86. The zero-order valence-electron chi connectivity index (χ0n) is 7.57. The maximum Gasteiger partial charge on any atom is 0.310 e. The minimum atomic E-state index is -0.127. The molecule has 1 heterocycles. The summed E-state index contributed by atoms with van der Waals surface area (Å²) in [7, 11) is 0. The second-order valence-corrected chi connectivity index (χ2v) is 3.80. The van der Waals surface area contributed by atoms with Crippen LogP contribution in [0.25, 0.3) is 0 Å². The highest BCUT2D eigenvalue weighted by Crippen LogP contribution is 2.25. The Morgan fingerprint density at radius 1 is 1.38 bits per heavy atom. The van der Waals surface area contributed by atoms with Crippen LogP contribution in [0.3, 0.4) is 0 Å². The molecule has 0 spiro atoms. The SMILES string of the molecule is NC1CCCC1C(=O)OC1COC1. The molecule has 2 atom stereocenters. The van der Waals surface area contributed by atoms with Crippen LogP contribution in [0.15, 0.2) is 0 Å². The molecule has 2 rings (SSSR count). The molecule has 0 radical (unpaired) electrons. The van der Waals surface area contributed by atoms with E-state index in [-0.39, 0.29) is 24.0 Å². The van der Waals surface area contributed by atoms with Gasteiger partial charge in [0.25, 0.3) is 0 Å². The molecule has 4 heteroatoms. The van der Waals surface area contributed by atoms with E-state index in [0.717, 1.165) is 19.3 Å². The lowest BCUT2D eigenvalue weighted by Gasteiger charge is -2.27. The fraction of sp³-hybridized carbons (Fsp3) is 0.889. The number of rotatable bonds is 2. The molecule has 2 N–H and O–H groups in total. The lowest BCUT2D eigenvalue weighted by atomic mass is 10.1. The predicted octanol–water partition coefficient (Wildman–Crippen LogP) is 0.0558. The Hall–Kier alpha value is -0.610. The average molecular weight is 185 g/mol. The van der Waals surface area contributed by atoms with Gasteiger partial charge in [-0.3, -0.25) is 4.79 Å². The molecule has 0 amide bonds. The Bertz CT molecular complexity index is 203. The molecule has 1 aliphatic carbocycles. The molecular weight excluding hydrogens is 170 g/mol. The van der Waals surface area contributed by atoms with Crippen LogP contribution in [0.2, 0.25) is 0 Å². The van der Waals surface area contributed by atoms with Crippen LogP contribution in [-0.2, 0) is 14.3 Å². The highest BCUT2D eigenvalue weighted by atomic mass is 16.6. The fourth-order valence-corrected chi connectivity index (χ4v) is 1.82. The van der Waals surface area contributed by atoms with Crippen molar-refractivity contribution in [2.75, 3.05) is 13.2 Å². The summed E-state index contributed by atoms with van der Waals surface area (Å²) in [5.41, 5.74) is 5.78. The zero-order valence-corrected chi connectivity index (χ0v) is 7.57. The van der Waals surface area contributed by atoms with Crippen molar-refractivity contribution in [2.45, 2.75) is 31.4 Å². The number of carbonyl (C=O) groups excluding carboxylic acids is 1. The number of hydrogen-bond acceptors (Lipinski definition) is 4. The van der Waals surface area contributed by atoms with Crippen LogP contribution in [-0.4, -0.2) is 31.3 Å². The molecule has 1 saturated heterocycles. The van der Waals surface area contributed by atoms with E-state index in [0.29, 0.717) is 13.2 Å². The highest BCUT2D eigenvalue weighted by Gasteiger charge is 2.34. The van der Waals surface area contributed by atoms with Crippen molar-refractivity contribution in [1.82, 2.24) is 0 Å². The zero-order chi connectivity index (χ0) is 9.26. The Balaban J connectivity index is 1.81. The minimum absolute atomic E-state index is 0.00787. The smallest absolute Gasteiger partial charge is 0.310 e. The van der Waals surface area contributed by atoms with Crippen LogP contribution in [0, 0.1) is 5.92 Å². The van der Waals surface area contributed by atoms with E-state index >= 15 is 0 Å². The van der Waals surface area contributed by atoms with E-state index in [1.54, 1.807) is 0 Å². The lowest BCUT2D eigenvalue weighted by molar-refractivity contribution is -0.176. The average Bonchev–Trinajstić information content (AvgIpc) is 2.43. The third kappa shape index (κ3) is 1.84. The van der Waals surface area contributed by atoms with E-state index in [9.17, 15) is 4.79 Å². The Morgan fingerprint density at radius 2 is 2.15 bits per heavy atom. The Kier molecular flexibility index (Phi) is 2.51. The van der Waals surface area contributed by atoms with Gasteiger partial charge >= 0.3 is 5.97 Å². The standard InChI is InChI=1S/C9H15NO3/c10-8-3-1-2-7(8)9(11)13-6-4-12-5-6/h6-8H,1-5,10H2. The number of nitrogens with two attached hydrogens (primary N) is 1. The monoisotopic (exact) mass is 185 g/mol. The van der Waals surface area contributed by atoms with Gasteiger partial charge in [-0.05, 0) is 12.8 Å². The quantitative estimate of drug-likeness (QED) is 0.618. The molecule has 0 aromatic carbocycles. The first-order valence-electron chi connectivity index (χ1n) is 4.81. The maximum absolute atomic E-state index is 11.5.